The van der Waals surface area contributed by atoms with E-state index in [1.165, 1.54) is 0 Å². The van der Waals surface area contributed by atoms with Gasteiger partial charge in [0.1, 0.15) is 18.5 Å². The number of hydrogen-bond acceptors (Lipinski definition) is 4. The van der Waals surface area contributed by atoms with Gasteiger partial charge in [-0.3, -0.25) is 9.79 Å². The number of benzene rings is 1. The first kappa shape index (κ1) is 13.2. The maximum atomic E-state index is 10.7. The van der Waals surface area contributed by atoms with Crippen LogP contribution >= 0.6 is 0 Å². The first-order valence-corrected chi connectivity index (χ1v) is 5.22. The van der Waals surface area contributed by atoms with E-state index in [1.54, 1.807) is 24.3 Å². The summed E-state index contributed by atoms with van der Waals surface area (Å²) in [5, 5.41) is 9.36. The largest absolute Gasteiger partial charge is 0.491 e. The zero-order chi connectivity index (χ0) is 12.7. The Hall–Kier alpha value is -1.88. The molecule has 0 fully saturated rings. The molecule has 1 aromatic rings. The van der Waals surface area contributed by atoms with Crippen molar-refractivity contribution in [2.75, 3.05) is 13.2 Å². The molecule has 1 atom stereocenters. The number of nitrogens with two attached hydrogens (primary N) is 1. The van der Waals surface area contributed by atoms with Crippen molar-refractivity contribution >= 4 is 12.6 Å². The minimum atomic E-state index is -0.655. The Labute approximate surface area is 99.9 Å². The summed E-state index contributed by atoms with van der Waals surface area (Å²) in [6, 6.07) is 6.98. The fourth-order valence-electron chi connectivity index (χ4n) is 1.30. The number of hydrogen-bond donors (Lipinski definition) is 2. The molecular weight excluding hydrogens is 220 g/mol. The van der Waals surface area contributed by atoms with Crippen LogP contribution < -0.4 is 10.5 Å². The Bertz CT molecular complexity index is 376. The third-order valence-corrected chi connectivity index (χ3v) is 2.08. The molecule has 0 aliphatic heterocycles. The van der Waals surface area contributed by atoms with Crippen molar-refractivity contribution in [3.63, 3.8) is 0 Å². The quantitative estimate of drug-likeness (QED) is 0.661. The van der Waals surface area contributed by atoms with Gasteiger partial charge >= 0.3 is 0 Å². The van der Waals surface area contributed by atoms with Crippen LogP contribution in [-0.2, 0) is 11.2 Å². The molecule has 5 heteroatoms. The summed E-state index contributed by atoms with van der Waals surface area (Å²) in [5.74, 6) is 0.257. The molecule has 3 N–H and O–H groups in total. The number of ether oxygens (including phenoxy) is 1. The van der Waals surface area contributed by atoms with Gasteiger partial charge in [-0.15, -0.1) is 0 Å². The van der Waals surface area contributed by atoms with Crippen LogP contribution in [0.25, 0.3) is 0 Å². The summed E-state index contributed by atoms with van der Waals surface area (Å²) >= 11 is 0. The molecule has 5 nitrogen and oxygen atoms in total. The van der Waals surface area contributed by atoms with Gasteiger partial charge < -0.3 is 15.6 Å². The number of carbonyl (C=O) groups excluding carboxylic acids is 1. The van der Waals surface area contributed by atoms with Crippen LogP contribution in [0.5, 0.6) is 5.75 Å². The number of aliphatic hydroxyl groups is 1. The van der Waals surface area contributed by atoms with Crippen molar-refractivity contribution in [3.8, 4) is 5.75 Å². The highest BCUT2D eigenvalue weighted by molar-refractivity contribution is 5.76. The fourth-order valence-corrected chi connectivity index (χ4v) is 1.30. The average Bonchev–Trinajstić information content (AvgIpc) is 2.28. The van der Waals surface area contributed by atoms with Gasteiger partial charge in [0, 0.05) is 0 Å². The van der Waals surface area contributed by atoms with Gasteiger partial charge in [0.05, 0.1) is 13.0 Å². The van der Waals surface area contributed by atoms with Crippen molar-refractivity contribution in [3.05, 3.63) is 29.8 Å². The zero-order valence-corrected chi connectivity index (χ0v) is 9.50. The van der Waals surface area contributed by atoms with E-state index in [0.717, 1.165) is 5.56 Å². The third-order valence-electron chi connectivity index (χ3n) is 2.08. The van der Waals surface area contributed by atoms with Gasteiger partial charge in [-0.1, -0.05) is 12.1 Å². The Morgan fingerprint density at radius 1 is 1.47 bits per heavy atom. The molecule has 0 spiro atoms. The van der Waals surface area contributed by atoms with Crippen LogP contribution in [0, 0.1) is 0 Å². The third kappa shape index (κ3) is 5.12. The molecule has 0 saturated carbocycles. The predicted molar refractivity (Wildman–Crippen MR) is 65.3 cm³/mol. The van der Waals surface area contributed by atoms with Gasteiger partial charge in [-0.2, -0.15) is 0 Å². The lowest BCUT2D eigenvalue weighted by atomic mass is 10.1. The van der Waals surface area contributed by atoms with Crippen molar-refractivity contribution < 1.29 is 14.6 Å². The average molecular weight is 236 g/mol. The van der Waals surface area contributed by atoms with Gasteiger partial charge in [-0.05, 0) is 24.4 Å². The maximum Gasteiger partial charge on any atom is 0.221 e. The lowest BCUT2D eigenvalue weighted by molar-refractivity contribution is -0.117. The first-order valence-electron chi connectivity index (χ1n) is 5.22. The fraction of sp³-hybridized carbons (Fsp3) is 0.333. The van der Waals surface area contributed by atoms with E-state index in [4.69, 9.17) is 10.5 Å². The van der Waals surface area contributed by atoms with E-state index >= 15 is 0 Å². The molecule has 0 bridgehead atoms. The van der Waals surface area contributed by atoms with E-state index in [0.29, 0.717) is 5.75 Å². The number of amides is 1. The van der Waals surface area contributed by atoms with E-state index in [1.807, 2.05) is 0 Å². The Kier molecular flexibility index (Phi) is 5.16. The molecule has 0 aliphatic rings. The second-order valence-electron chi connectivity index (χ2n) is 3.66. The molecule has 0 saturated heterocycles. The monoisotopic (exact) mass is 236 g/mol. The number of aliphatic imine (C=N–C) groups is 1. The second-order valence-corrected chi connectivity index (χ2v) is 3.66. The normalized spacial score (nSPS) is 11.8. The lowest BCUT2D eigenvalue weighted by Gasteiger charge is -2.10. The van der Waals surface area contributed by atoms with Crippen LogP contribution in [0.1, 0.15) is 5.56 Å². The van der Waals surface area contributed by atoms with Crippen molar-refractivity contribution in [2.45, 2.75) is 12.5 Å². The topological polar surface area (TPSA) is 84.9 Å². The SMILES string of the molecule is C=NCC(O)COc1ccc(CC(N)=O)cc1. The van der Waals surface area contributed by atoms with Crippen LogP contribution in [0.15, 0.2) is 29.3 Å². The summed E-state index contributed by atoms with van der Waals surface area (Å²) in [4.78, 5) is 14.2. The number of nitrogens with zero attached hydrogens (tertiary/aromatic N) is 1. The molecule has 0 aliphatic carbocycles. The van der Waals surface area contributed by atoms with Crippen LogP contribution in [0.3, 0.4) is 0 Å². The highest BCUT2D eigenvalue weighted by atomic mass is 16.5. The molecule has 1 unspecified atom stereocenters. The number of rotatable bonds is 7. The van der Waals surface area contributed by atoms with Crippen LogP contribution in [0.4, 0.5) is 0 Å². The Morgan fingerprint density at radius 3 is 2.65 bits per heavy atom. The minimum Gasteiger partial charge on any atom is -0.491 e. The van der Waals surface area contributed by atoms with Gasteiger partial charge in [0.2, 0.25) is 5.91 Å². The van der Waals surface area contributed by atoms with Crippen LogP contribution in [0.2, 0.25) is 0 Å². The summed E-state index contributed by atoms with van der Waals surface area (Å²) in [6.45, 7) is 3.70. The molecule has 1 rings (SSSR count). The first-order chi connectivity index (χ1) is 8.11. The predicted octanol–water partition coefficient (Wildman–Crippen LogP) is 0.155. The standard InChI is InChI=1S/C12H16N2O3/c1-14-7-10(15)8-17-11-4-2-9(3-5-11)6-12(13)16/h2-5,10,15H,1,6-8H2,(H2,13,16). The molecular formula is C12H16N2O3. The van der Waals surface area contributed by atoms with E-state index in [9.17, 15) is 9.90 Å². The van der Waals surface area contributed by atoms with Gasteiger partial charge in [0.15, 0.2) is 0 Å². The van der Waals surface area contributed by atoms with Gasteiger partial charge in [0.25, 0.3) is 0 Å². The number of carbonyl (C=O) groups is 1. The maximum absolute atomic E-state index is 10.7. The summed E-state index contributed by atoms with van der Waals surface area (Å²) in [6.07, 6.45) is -0.443. The van der Waals surface area contributed by atoms with Crippen molar-refractivity contribution in [2.24, 2.45) is 10.7 Å². The van der Waals surface area contributed by atoms with E-state index < -0.39 is 6.10 Å². The highest BCUT2D eigenvalue weighted by Crippen LogP contribution is 2.12. The van der Waals surface area contributed by atoms with Crippen molar-refractivity contribution in [1.29, 1.82) is 0 Å². The number of aliphatic hydroxyl groups excluding tert-OH is 1. The summed E-state index contributed by atoms with van der Waals surface area (Å²) in [7, 11) is 0. The van der Waals surface area contributed by atoms with Crippen LogP contribution in [-0.4, -0.2) is 37.0 Å². The van der Waals surface area contributed by atoms with E-state index in [2.05, 4.69) is 11.7 Å². The molecule has 92 valence electrons. The molecule has 0 aromatic heterocycles. The molecule has 0 heterocycles. The molecule has 1 aromatic carbocycles. The number of primary amides is 1. The smallest absolute Gasteiger partial charge is 0.221 e. The minimum absolute atomic E-state index is 0.161. The second kappa shape index (κ2) is 6.65. The molecule has 1 amide bonds. The zero-order valence-electron chi connectivity index (χ0n) is 9.50. The van der Waals surface area contributed by atoms with E-state index in [-0.39, 0.29) is 25.5 Å². The van der Waals surface area contributed by atoms with Gasteiger partial charge in [-0.25, -0.2) is 0 Å². The highest BCUT2D eigenvalue weighted by Gasteiger charge is 2.04. The Morgan fingerprint density at radius 2 is 2.12 bits per heavy atom. The summed E-state index contributed by atoms with van der Waals surface area (Å²) in [5.41, 5.74) is 5.91. The summed E-state index contributed by atoms with van der Waals surface area (Å²) < 4.78 is 5.33. The van der Waals surface area contributed by atoms with Crippen molar-refractivity contribution in [1.82, 2.24) is 0 Å². The lowest BCUT2D eigenvalue weighted by Crippen LogP contribution is -2.20. The molecule has 17 heavy (non-hydrogen) atoms. The molecule has 0 radical (unpaired) electrons. The Balaban J connectivity index is 2.45.